The monoisotopic (exact) mass is 526 g/mol. The van der Waals surface area contributed by atoms with E-state index in [1.165, 1.54) is 15.4 Å². The summed E-state index contributed by atoms with van der Waals surface area (Å²) >= 11 is 1.80. The van der Waals surface area contributed by atoms with E-state index in [-0.39, 0.29) is 24.0 Å². The highest BCUT2D eigenvalue weighted by Crippen LogP contribution is 2.16. The molecular weight excluding hydrogens is 495 g/mol. The highest BCUT2D eigenvalue weighted by Gasteiger charge is 2.06. The van der Waals surface area contributed by atoms with Crippen molar-refractivity contribution in [1.29, 1.82) is 0 Å². The van der Waals surface area contributed by atoms with E-state index in [1.807, 2.05) is 12.3 Å². The number of thiazole rings is 1. The van der Waals surface area contributed by atoms with Gasteiger partial charge in [0.25, 0.3) is 0 Å². The van der Waals surface area contributed by atoms with Gasteiger partial charge in [-0.1, -0.05) is 19.1 Å². The summed E-state index contributed by atoms with van der Waals surface area (Å²) in [6.45, 7) is 9.72. The van der Waals surface area contributed by atoms with Gasteiger partial charge < -0.3 is 15.2 Å². The predicted octanol–water partition coefficient (Wildman–Crippen LogP) is 4.17. The number of aliphatic imine (C=N–C) groups is 1. The Morgan fingerprint density at radius 2 is 2.03 bits per heavy atom. The maximum absolute atomic E-state index is 4.72. The Hall–Kier alpha value is -1.68. The molecule has 0 spiro atoms. The van der Waals surface area contributed by atoms with Crippen molar-refractivity contribution in [3.05, 3.63) is 46.2 Å². The first-order valence-electron chi connectivity index (χ1n) is 10.1. The molecule has 6 nitrogen and oxygen atoms in total. The number of hydrogen-bond acceptors (Lipinski definition) is 4. The Kier molecular flexibility index (Phi) is 9.86. The molecule has 0 saturated heterocycles. The van der Waals surface area contributed by atoms with Crippen molar-refractivity contribution >= 4 is 52.3 Å². The SMILES string of the molecule is CCNC(=NCCCn1c(C)nc2ccccc21)NCCc1ncc(CC)s1.I. The lowest BCUT2D eigenvalue weighted by atomic mass is 10.3. The van der Waals surface area contributed by atoms with Gasteiger partial charge in [0.1, 0.15) is 5.82 Å². The zero-order chi connectivity index (χ0) is 19.8. The summed E-state index contributed by atoms with van der Waals surface area (Å²) in [7, 11) is 0. The number of guanidine groups is 1. The number of nitrogens with one attached hydrogen (secondary N) is 2. The number of halogens is 1. The summed E-state index contributed by atoms with van der Waals surface area (Å²) in [6, 6.07) is 8.30. The molecule has 3 rings (SSSR count). The summed E-state index contributed by atoms with van der Waals surface area (Å²) in [5.74, 6) is 1.94. The van der Waals surface area contributed by atoms with E-state index < -0.39 is 0 Å². The summed E-state index contributed by atoms with van der Waals surface area (Å²) < 4.78 is 2.28. The van der Waals surface area contributed by atoms with Gasteiger partial charge in [0.15, 0.2) is 5.96 Å². The van der Waals surface area contributed by atoms with Crippen molar-refractivity contribution in [2.45, 2.75) is 46.6 Å². The first-order chi connectivity index (χ1) is 13.7. The quantitative estimate of drug-likeness (QED) is 0.190. The van der Waals surface area contributed by atoms with E-state index in [2.05, 4.69) is 64.1 Å². The minimum atomic E-state index is 0. The number of rotatable bonds is 9. The van der Waals surface area contributed by atoms with Crippen LogP contribution in [0.25, 0.3) is 11.0 Å². The zero-order valence-corrected chi connectivity index (χ0v) is 20.6. The third kappa shape index (κ3) is 6.67. The minimum Gasteiger partial charge on any atom is -0.357 e. The van der Waals surface area contributed by atoms with Crippen LogP contribution in [0.15, 0.2) is 35.5 Å². The molecule has 2 N–H and O–H groups in total. The van der Waals surface area contributed by atoms with Crippen LogP contribution in [0.2, 0.25) is 0 Å². The van der Waals surface area contributed by atoms with E-state index in [1.54, 1.807) is 11.3 Å². The number of para-hydroxylation sites is 2. The van der Waals surface area contributed by atoms with Crippen LogP contribution in [-0.4, -0.2) is 40.1 Å². The van der Waals surface area contributed by atoms with Crippen molar-refractivity contribution < 1.29 is 0 Å². The van der Waals surface area contributed by atoms with Gasteiger partial charge in [-0.05, 0) is 38.8 Å². The summed E-state index contributed by atoms with van der Waals surface area (Å²) in [4.78, 5) is 15.2. The average molecular weight is 526 g/mol. The highest BCUT2D eigenvalue weighted by atomic mass is 127. The van der Waals surface area contributed by atoms with Crippen molar-refractivity contribution in [2.75, 3.05) is 19.6 Å². The highest BCUT2D eigenvalue weighted by molar-refractivity contribution is 14.0. The molecule has 158 valence electrons. The van der Waals surface area contributed by atoms with Crippen LogP contribution < -0.4 is 10.6 Å². The molecule has 0 amide bonds. The molecule has 3 aromatic rings. The van der Waals surface area contributed by atoms with Gasteiger partial charge >= 0.3 is 0 Å². The molecule has 0 saturated carbocycles. The molecule has 0 radical (unpaired) electrons. The van der Waals surface area contributed by atoms with E-state index in [4.69, 9.17) is 4.99 Å². The molecule has 0 fully saturated rings. The fourth-order valence-corrected chi connectivity index (χ4v) is 4.02. The zero-order valence-electron chi connectivity index (χ0n) is 17.4. The van der Waals surface area contributed by atoms with Crippen LogP contribution in [0.4, 0.5) is 0 Å². The van der Waals surface area contributed by atoms with E-state index in [0.29, 0.717) is 0 Å². The van der Waals surface area contributed by atoms with Crippen molar-refractivity contribution in [3.63, 3.8) is 0 Å². The maximum Gasteiger partial charge on any atom is 0.191 e. The number of hydrogen-bond donors (Lipinski definition) is 2. The van der Waals surface area contributed by atoms with Crippen LogP contribution in [0.5, 0.6) is 0 Å². The third-order valence-electron chi connectivity index (χ3n) is 4.58. The summed E-state index contributed by atoms with van der Waals surface area (Å²) in [5.41, 5.74) is 2.26. The van der Waals surface area contributed by atoms with Gasteiger partial charge in [-0.15, -0.1) is 35.3 Å². The van der Waals surface area contributed by atoms with Crippen LogP contribution in [0, 0.1) is 6.92 Å². The van der Waals surface area contributed by atoms with Crippen LogP contribution in [0.1, 0.15) is 36.0 Å². The van der Waals surface area contributed by atoms with Crippen molar-refractivity contribution in [1.82, 2.24) is 25.2 Å². The molecule has 29 heavy (non-hydrogen) atoms. The Labute approximate surface area is 194 Å². The van der Waals surface area contributed by atoms with Gasteiger partial charge in [-0.25, -0.2) is 9.97 Å². The molecule has 0 unspecified atom stereocenters. The van der Waals surface area contributed by atoms with E-state index >= 15 is 0 Å². The second-order valence-electron chi connectivity index (χ2n) is 6.66. The fourth-order valence-electron chi connectivity index (χ4n) is 3.15. The lowest BCUT2D eigenvalue weighted by molar-refractivity contribution is 0.646. The molecule has 1 aromatic carbocycles. The van der Waals surface area contributed by atoms with Gasteiger partial charge in [0, 0.05) is 43.7 Å². The smallest absolute Gasteiger partial charge is 0.191 e. The second-order valence-corrected chi connectivity index (χ2v) is 7.86. The number of imidazole rings is 1. The summed E-state index contributed by atoms with van der Waals surface area (Å²) in [5, 5.41) is 7.92. The average Bonchev–Trinajstić information content (AvgIpc) is 3.29. The van der Waals surface area contributed by atoms with Crippen LogP contribution >= 0.6 is 35.3 Å². The van der Waals surface area contributed by atoms with E-state index in [9.17, 15) is 0 Å². The topological polar surface area (TPSA) is 67.1 Å². The molecule has 0 bridgehead atoms. The van der Waals surface area contributed by atoms with Gasteiger partial charge in [0.05, 0.1) is 16.0 Å². The molecule has 0 atom stereocenters. The van der Waals surface area contributed by atoms with Crippen LogP contribution in [0.3, 0.4) is 0 Å². The number of aryl methyl sites for hydroxylation is 3. The lowest BCUT2D eigenvalue weighted by Crippen LogP contribution is -2.38. The summed E-state index contributed by atoms with van der Waals surface area (Å²) in [6.07, 6.45) is 4.95. The van der Waals surface area contributed by atoms with Crippen molar-refractivity contribution in [2.24, 2.45) is 4.99 Å². The first kappa shape index (κ1) is 23.6. The lowest BCUT2D eigenvalue weighted by Gasteiger charge is -2.11. The third-order valence-corrected chi connectivity index (χ3v) is 5.78. The standard InChI is InChI=1S/C21H30N6S.HI/c1-4-17-15-25-20(28-17)11-13-24-21(22-5-2)23-12-8-14-27-16(3)26-18-9-6-7-10-19(18)27;/h6-7,9-10,15H,4-5,8,11-14H2,1-3H3,(H2,22,23,24);1H. The van der Waals surface area contributed by atoms with Gasteiger partial charge in [-0.3, -0.25) is 4.99 Å². The van der Waals surface area contributed by atoms with E-state index in [0.717, 1.165) is 62.7 Å². The molecule has 2 aromatic heterocycles. The first-order valence-corrected chi connectivity index (χ1v) is 10.9. The largest absolute Gasteiger partial charge is 0.357 e. The van der Waals surface area contributed by atoms with Gasteiger partial charge in [-0.2, -0.15) is 0 Å². The van der Waals surface area contributed by atoms with Crippen molar-refractivity contribution in [3.8, 4) is 0 Å². The second kappa shape index (κ2) is 12.1. The number of nitrogens with zero attached hydrogens (tertiary/aromatic N) is 4. The molecule has 0 aliphatic rings. The maximum atomic E-state index is 4.72. The van der Waals surface area contributed by atoms with Crippen LogP contribution in [-0.2, 0) is 19.4 Å². The Morgan fingerprint density at radius 1 is 1.21 bits per heavy atom. The van der Waals surface area contributed by atoms with Gasteiger partial charge in [0.2, 0.25) is 0 Å². The molecule has 8 heteroatoms. The minimum absolute atomic E-state index is 0. The Morgan fingerprint density at radius 3 is 2.79 bits per heavy atom. The molecule has 0 aliphatic heterocycles. The molecule has 2 heterocycles. The molecular formula is C21H31IN6S. The Balaban J connectivity index is 0.00000300. The number of benzene rings is 1. The molecule has 0 aliphatic carbocycles. The Bertz CT molecular complexity index is 917. The normalized spacial score (nSPS) is 11.5. The predicted molar refractivity (Wildman–Crippen MR) is 134 cm³/mol. The number of aromatic nitrogens is 3. The number of fused-ring (bicyclic) bond motifs is 1. The fraction of sp³-hybridized carbons (Fsp3) is 0.476.